The highest BCUT2D eigenvalue weighted by Crippen LogP contribution is 2.32. The number of H-pyrrole nitrogens is 1. The number of fused-ring (bicyclic) bond motifs is 2. The third-order valence-corrected chi connectivity index (χ3v) is 6.26. The Balaban J connectivity index is 1.39. The number of nitrogens with zero attached hydrogens (tertiary/aromatic N) is 5. The van der Waals surface area contributed by atoms with Crippen LogP contribution >= 0.6 is 11.6 Å². The first-order chi connectivity index (χ1) is 15.4. The summed E-state index contributed by atoms with van der Waals surface area (Å²) in [5, 5.41) is 16.2. The van der Waals surface area contributed by atoms with Crippen LogP contribution < -0.4 is 5.32 Å². The molecule has 0 radical (unpaired) electrons. The first kappa shape index (κ1) is 20.5. The second-order valence-corrected chi connectivity index (χ2v) is 8.79. The number of nitrogens with one attached hydrogen (secondary N) is 2. The molecule has 0 spiro atoms. The SMILES string of the molecule is CC(C)C(=O)N1CCc2cc(-c3nc(Nc4ccc5[nH]ncc5c4Cl)n(C)n3)ccc2C1. The summed E-state index contributed by atoms with van der Waals surface area (Å²) in [6.45, 7) is 5.29. The molecule has 0 bridgehead atoms. The Morgan fingerprint density at radius 1 is 1.22 bits per heavy atom. The molecule has 5 rings (SSSR count). The quantitative estimate of drug-likeness (QED) is 0.484. The van der Waals surface area contributed by atoms with Crippen LogP contribution in [0.4, 0.5) is 11.6 Å². The Hall–Kier alpha value is -3.39. The Morgan fingerprint density at radius 3 is 2.88 bits per heavy atom. The number of aromatic nitrogens is 5. The number of carbonyl (C=O) groups excluding carboxylic acids is 1. The van der Waals surface area contributed by atoms with Crippen molar-refractivity contribution in [2.75, 3.05) is 11.9 Å². The van der Waals surface area contributed by atoms with E-state index in [4.69, 9.17) is 16.6 Å². The molecule has 0 unspecified atom stereocenters. The molecule has 1 amide bonds. The van der Waals surface area contributed by atoms with Gasteiger partial charge in [0.2, 0.25) is 11.9 Å². The molecular weight excluding hydrogens is 426 g/mol. The van der Waals surface area contributed by atoms with Crippen LogP contribution in [0.1, 0.15) is 25.0 Å². The Labute approximate surface area is 190 Å². The topological polar surface area (TPSA) is 91.7 Å². The number of aryl methyl sites for hydroxylation is 1. The summed E-state index contributed by atoms with van der Waals surface area (Å²) >= 11 is 6.53. The smallest absolute Gasteiger partial charge is 0.225 e. The van der Waals surface area contributed by atoms with Crippen LogP contribution in [-0.4, -0.2) is 42.3 Å². The van der Waals surface area contributed by atoms with Crippen molar-refractivity contribution in [2.24, 2.45) is 13.0 Å². The van der Waals surface area contributed by atoms with E-state index in [1.165, 1.54) is 11.1 Å². The summed E-state index contributed by atoms with van der Waals surface area (Å²) in [5.41, 5.74) is 4.99. The number of rotatable bonds is 4. The van der Waals surface area contributed by atoms with Crippen LogP contribution in [0.3, 0.4) is 0 Å². The summed E-state index contributed by atoms with van der Waals surface area (Å²) in [6.07, 6.45) is 2.54. The second-order valence-electron chi connectivity index (χ2n) is 8.41. The predicted molar refractivity (Wildman–Crippen MR) is 125 cm³/mol. The number of amides is 1. The summed E-state index contributed by atoms with van der Waals surface area (Å²) in [7, 11) is 1.84. The summed E-state index contributed by atoms with van der Waals surface area (Å²) in [6, 6.07) is 10.0. The molecule has 8 nitrogen and oxygen atoms in total. The van der Waals surface area contributed by atoms with E-state index in [9.17, 15) is 4.79 Å². The fraction of sp³-hybridized carbons (Fsp3) is 0.304. The minimum Gasteiger partial charge on any atom is -0.338 e. The first-order valence-electron chi connectivity index (χ1n) is 10.6. The third kappa shape index (κ3) is 3.60. The van der Waals surface area contributed by atoms with Gasteiger partial charge in [-0.25, -0.2) is 4.68 Å². The molecule has 0 fully saturated rings. The normalized spacial score (nSPS) is 13.6. The van der Waals surface area contributed by atoms with Crippen molar-refractivity contribution in [3.05, 3.63) is 52.7 Å². The van der Waals surface area contributed by atoms with Crippen molar-refractivity contribution in [3.63, 3.8) is 0 Å². The van der Waals surface area contributed by atoms with E-state index >= 15 is 0 Å². The molecule has 1 aliphatic heterocycles. The van der Waals surface area contributed by atoms with Gasteiger partial charge in [-0.3, -0.25) is 9.89 Å². The fourth-order valence-corrected chi connectivity index (χ4v) is 4.32. The average Bonchev–Trinajstić information content (AvgIpc) is 3.41. The molecule has 0 saturated carbocycles. The summed E-state index contributed by atoms with van der Waals surface area (Å²) in [5.74, 6) is 1.45. The lowest BCUT2D eigenvalue weighted by Crippen LogP contribution is -2.38. The summed E-state index contributed by atoms with van der Waals surface area (Å²) in [4.78, 5) is 19.0. The highest BCUT2D eigenvalue weighted by atomic mass is 35.5. The zero-order valence-electron chi connectivity index (χ0n) is 18.2. The molecule has 164 valence electrons. The lowest BCUT2D eigenvalue weighted by molar-refractivity contribution is -0.135. The molecule has 4 aromatic rings. The Kier molecular flexibility index (Phi) is 5.09. The van der Waals surface area contributed by atoms with Gasteiger partial charge in [0, 0.05) is 37.0 Å². The zero-order chi connectivity index (χ0) is 22.4. The molecule has 2 aromatic carbocycles. The third-order valence-electron chi connectivity index (χ3n) is 5.85. The van der Waals surface area contributed by atoms with E-state index in [1.54, 1.807) is 10.9 Å². The highest BCUT2D eigenvalue weighted by molar-refractivity contribution is 6.38. The van der Waals surface area contributed by atoms with E-state index in [2.05, 4.69) is 32.7 Å². The van der Waals surface area contributed by atoms with Gasteiger partial charge in [0.15, 0.2) is 5.82 Å². The van der Waals surface area contributed by atoms with Crippen LogP contribution in [0.15, 0.2) is 36.5 Å². The van der Waals surface area contributed by atoms with Gasteiger partial charge in [-0.2, -0.15) is 10.1 Å². The zero-order valence-corrected chi connectivity index (χ0v) is 18.9. The molecule has 3 heterocycles. The minimum absolute atomic E-state index is 0.0159. The monoisotopic (exact) mass is 449 g/mol. The van der Waals surface area contributed by atoms with Gasteiger partial charge in [0.05, 0.1) is 22.4 Å². The van der Waals surface area contributed by atoms with Crippen LogP contribution in [0, 0.1) is 5.92 Å². The maximum Gasteiger partial charge on any atom is 0.225 e. The molecule has 0 atom stereocenters. The molecule has 32 heavy (non-hydrogen) atoms. The number of halogens is 1. The number of hydrogen-bond acceptors (Lipinski definition) is 5. The second kappa shape index (κ2) is 7.94. The molecule has 9 heteroatoms. The van der Waals surface area contributed by atoms with E-state index in [-0.39, 0.29) is 11.8 Å². The lowest BCUT2D eigenvalue weighted by Gasteiger charge is -2.30. The van der Waals surface area contributed by atoms with E-state index in [0.717, 1.165) is 35.1 Å². The molecule has 0 aliphatic carbocycles. The number of aromatic amines is 1. The van der Waals surface area contributed by atoms with Crippen LogP contribution in [0.5, 0.6) is 0 Å². The van der Waals surface area contributed by atoms with Crippen LogP contribution in [0.2, 0.25) is 5.02 Å². The highest BCUT2D eigenvalue weighted by Gasteiger charge is 2.23. The van der Waals surface area contributed by atoms with Crippen molar-refractivity contribution < 1.29 is 4.79 Å². The number of benzene rings is 2. The van der Waals surface area contributed by atoms with Gasteiger partial charge in [-0.15, -0.1) is 5.10 Å². The minimum atomic E-state index is 0.0159. The van der Waals surface area contributed by atoms with Gasteiger partial charge in [0.1, 0.15) is 0 Å². The Morgan fingerprint density at radius 2 is 2.06 bits per heavy atom. The van der Waals surface area contributed by atoms with Gasteiger partial charge in [-0.1, -0.05) is 37.6 Å². The molecular formula is C23H24ClN7O. The maximum atomic E-state index is 12.3. The largest absolute Gasteiger partial charge is 0.338 e. The predicted octanol–water partition coefficient (Wildman–Crippen LogP) is 4.30. The first-order valence-corrected chi connectivity index (χ1v) is 11.0. The lowest BCUT2D eigenvalue weighted by atomic mass is 9.96. The van der Waals surface area contributed by atoms with Gasteiger partial charge in [0.25, 0.3) is 0 Å². The fourth-order valence-electron chi connectivity index (χ4n) is 4.06. The molecule has 0 saturated heterocycles. The van der Waals surface area contributed by atoms with Crippen molar-refractivity contribution in [1.82, 2.24) is 29.9 Å². The van der Waals surface area contributed by atoms with E-state index in [1.807, 2.05) is 44.0 Å². The van der Waals surface area contributed by atoms with Gasteiger partial charge >= 0.3 is 0 Å². The molecule has 2 N–H and O–H groups in total. The van der Waals surface area contributed by atoms with Crippen molar-refractivity contribution in [2.45, 2.75) is 26.8 Å². The molecule has 1 aliphatic rings. The number of hydrogen-bond donors (Lipinski definition) is 2. The maximum absolute atomic E-state index is 12.3. The van der Waals surface area contributed by atoms with Crippen LogP contribution in [-0.2, 0) is 24.8 Å². The summed E-state index contributed by atoms with van der Waals surface area (Å²) < 4.78 is 1.70. The number of anilines is 2. The Bertz CT molecular complexity index is 1320. The van der Waals surface area contributed by atoms with Crippen molar-refractivity contribution in [3.8, 4) is 11.4 Å². The number of carbonyl (C=O) groups is 1. The van der Waals surface area contributed by atoms with Gasteiger partial charge < -0.3 is 10.2 Å². The van der Waals surface area contributed by atoms with E-state index < -0.39 is 0 Å². The average molecular weight is 450 g/mol. The molecule has 2 aromatic heterocycles. The standard InChI is InChI=1S/C23H24ClN7O/c1-13(2)22(32)31-9-8-14-10-15(4-5-16(14)12-31)21-27-23(30(3)29-21)26-19-7-6-18-17(20(19)24)11-25-28-18/h4-7,10-11,13H,8-9,12H2,1-3H3,(H,25,28)(H,26,27,29). The van der Waals surface area contributed by atoms with Crippen molar-refractivity contribution >= 4 is 40.0 Å². The van der Waals surface area contributed by atoms with Gasteiger partial charge in [-0.05, 0) is 35.7 Å². The van der Waals surface area contributed by atoms with Crippen LogP contribution in [0.25, 0.3) is 22.3 Å². The van der Waals surface area contributed by atoms with Crippen molar-refractivity contribution in [1.29, 1.82) is 0 Å². The van der Waals surface area contributed by atoms with E-state index in [0.29, 0.717) is 23.3 Å².